The molecular weight excluding hydrogens is 466 g/mol. The number of hydrogen-bond donors (Lipinski definition) is 1. The molecule has 0 unspecified atom stereocenters. The molecule has 0 atom stereocenters. The number of benzene rings is 2. The predicted molar refractivity (Wildman–Crippen MR) is 121 cm³/mol. The van der Waals surface area contributed by atoms with Crippen molar-refractivity contribution < 1.29 is 13.2 Å². The average Bonchev–Trinajstić information content (AvgIpc) is 3.44. The lowest BCUT2D eigenvalue weighted by Gasteiger charge is -2.19. The highest BCUT2D eigenvalue weighted by molar-refractivity contribution is 9.10. The summed E-state index contributed by atoms with van der Waals surface area (Å²) in [6.45, 7) is 4.00. The van der Waals surface area contributed by atoms with Crippen molar-refractivity contribution in [2.24, 2.45) is 0 Å². The van der Waals surface area contributed by atoms with Crippen LogP contribution in [0, 0.1) is 0 Å². The smallest absolute Gasteiger partial charge is 0.256 e. The molecule has 6 nitrogen and oxygen atoms in total. The van der Waals surface area contributed by atoms with Gasteiger partial charge >= 0.3 is 0 Å². The number of carbonyl (C=O) groups excluding carboxylic acids is 1. The summed E-state index contributed by atoms with van der Waals surface area (Å²) in [6, 6.07) is 12.4. The molecule has 30 heavy (non-hydrogen) atoms. The average molecular weight is 492 g/mol. The molecule has 1 amide bonds. The van der Waals surface area contributed by atoms with Crippen LogP contribution in [0.15, 0.2) is 51.8 Å². The summed E-state index contributed by atoms with van der Waals surface area (Å²) in [5.41, 5.74) is 2.13. The molecular formula is C22H26BrN3O3S. The second kappa shape index (κ2) is 9.18. The van der Waals surface area contributed by atoms with Crippen LogP contribution in [0.2, 0.25) is 0 Å². The van der Waals surface area contributed by atoms with Gasteiger partial charge in [-0.25, -0.2) is 8.42 Å². The Morgan fingerprint density at radius 2 is 1.63 bits per heavy atom. The number of carbonyl (C=O) groups is 1. The standard InChI is InChI=1S/C22H26BrN3O3S/c23-20-10-9-18(30(28,29)26-13-5-6-14-26)15-19(20)22(27)24-21-8-2-1-7-17(21)16-25-11-3-4-12-25/h1-2,7-10,15H,3-6,11-14,16H2,(H,24,27). The van der Waals surface area contributed by atoms with Crippen molar-refractivity contribution in [1.29, 1.82) is 0 Å². The van der Waals surface area contributed by atoms with E-state index in [1.54, 1.807) is 12.1 Å². The van der Waals surface area contributed by atoms with Gasteiger partial charge in [0.2, 0.25) is 10.0 Å². The largest absolute Gasteiger partial charge is 0.322 e. The van der Waals surface area contributed by atoms with Crippen molar-refractivity contribution in [3.05, 3.63) is 58.1 Å². The minimum absolute atomic E-state index is 0.156. The number of halogens is 1. The fourth-order valence-corrected chi connectivity index (χ4v) is 6.04. The van der Waals surface area contributed by atoms with Gasteiger partial charge in [0.25, 0.3) is 5.91 Å². The molecule has 160 valence electrons. The van der Waals surface area contributed by atoms with Crippen LogP contribution in [0.5, 0.6) is 0 Å². The molecule has 2 heterocycles. The van der Waals surface area contributed by atoms with E-state index >= 15 is 0 Å². The van der Waals surface area contributed by atoms with Gasteiger partial charge in [-0.2, -0.15) is 4.31 Å². The van der Waals surface area contributed by atoms with E-state index in [0.717, 1.165) is 43.7 Å². The lowest BCUT2D eigenvalue weighted by molar-refractivity contribution is 0.102. The SMILES string of the molecule is O=C(Nc1ccccc1CN1CCCC1)c1cc(S(=O)(=O)N2CCCC2)ccc1Br. The molecule has 2 aliphatic rings. The first-order valence-corrected chi connectivity index (χ1v) is 12.6. The number of rotatable bonds is 6. The number of amides is 1. The third-order valence-electron chi connectivity index (χ3n) is 5.74. The Kier molecular flexibility index (Phi) is 6.57. The highest BCUT2D eigenvalue weighted by Gasteiger charge is 2.28. The van der Waals surface area contributed by atoms with Gasteiger partial charge in [-0.05, 0) is 84.5 Å². The van der Waals surface area contributed by atoms with E-state index in [1.807, 2.05) is 24.3 Å². The molecule has 0 bridgehead atoms. The highest BCUT2D eigenvalue weighted by atomic mass is 79.9. The topological polar surface area (TPSA) is 69.7 Å². The van der Waals surface area contributed by atoms with Crippen molar-refractivity contribution in [2.45, 2.75) is 37.1 Å². The van der Waals surface area contributed by atoms with Gasteiger partial charge in [-0.15, -0.1) is 0 Å². The van der Waals surface area contributed by atoms with Crippen LogP contribution in [0.4, 0.5) is 5.69 Å². The van der Waals surface area contributed by atoms with E-state index in [0.29, 0.717) is 23.1 Å². The van der Waals surface area contributed by atoms with Crippen LogP contribution in [-0.4, -0.2) is 49.7 Å². The van der Waals surface area contributed by atoms with Gasteiger partial charge in [0.1, 0.15) is 0 Å². The van der Waals surface area contributed by atoms with Gasteiger partial charge in [0.15, 0.2) is 0 Å². The minimum Gasteiger partial charge on any atom is -0.322 e. The zero-order valence-electron chi connectivity index (χ0n) is 16.8. The minimum atomic E-state index is -3.58. The number of nitrogens with one attached hydrogen (secondary N) is 1. The molecule has 0 aromatic heterocycles. The second-order valence-electron chi connectivity index (χ2n) is 7.85. The van der Waals surface area contributed by atoms with Crippen LogP contribution in [0.1, 0.15) is 41.6 Å². The summed E-state index contributed by atoms with van der Waals surface area (Å²) >= 11 is 3.41. The van der Waals surface area contributed by atoms with Gasteiger partial charge in [-0.1, -0.05) is 18.2 Å². The molecule has 8 heteroatoms. The van der Waals surface area contributed by atoms with Crippen molar-refractivity contribution in [2.75, 3.05) is 31.5 Å². The predicted octanol–water partition coefficient (Wildman–Crippen LogP) is 4.08. The van der Waals surface area contributed by atoms with Gasteiger partial charge in [0, 0.05) is 29.8 Å². The molecule has 2 aromatic carbocycles. The third-order valence-corrected chi connectivity index (χ3v) is 8.33. The summed E-state index contributed by atoms with van der Waals surface area (Å²) in [5, 5.41) is 2.99. The Hall–Kier alpha value is -1.74. The molecule has 2 saturated heterocycles. The molecule has 0 saturated carbocycles. The fourth-order valence-electron chi connectivity index (χ4n) is 4.07. The summed E-state index contributed by atoms with van der Waals surface area (Å²) in [6.07, 6.45) is 4.16. The molecule has 0 radical (unpaired) electrons. The van der Waals surface area contributed by atoms with Crippen LogP contribution >= 0.6 is 15.9 Å². The molecule has 4 rings (SSSR count). The van der Waals surface area contributed by atoms with Gasteiger partial charge < -0.3 is 5.32 Å². The summed E-state index contributed by atoms with van der Waals surface area (Å²) in [7, 11) is -3.58. The monoisotopic (exact) mass is 491 g/mol. The van der Waals surface area contributed by atoms with E-state index in [9.17, 15) is 13.2 Å². The first-order chi connectivity index (χ1) is 14.4. The summed E-state index contributed by atoms with van der Waals surface area (Å²) < 4.78 is 27.9. The number of para-hydroxylation sites is 1. The number of likely N-dealkylation sites (tertiary alicyclic amines) is 1. The zero-order chi connectivity index (χ0) is 21.1. The normalized spacial score (nSPS) is 18.0. The van der Waals surface area contributed by atoms with Crippen LogP contribution in [0.25, 0.3) is 0 Å². The maximum Gasteiger partial charge on any atom is 0.256 e. The molecule has 2 aliphatic heterocycles. The van der Waals surface area contributed by atoms with E-state index in [-0.39, 0.29) is 10.8 Å². The van der Waals surface area contributed by atoms with E-state index in [1.165, 1.54) is 23.2 Å². The maximum atomic E-state index is 13.1. The van der Waals surface area contributed by atoms with Crippen LogP contribution in [-0.2, 0) is 16.6 Å². The van der Waals surface area contributed by atoms with Crippen molar-refractivity contribution in [3.63, 3.8) is 0 Å². The fraction of sp³-hybridized carbons (Fsp3) is 0.409. The van der Waals surface area contributed by atoms with Crippen molar-refractivity contribution >= 4 is 37.5 Å². The molecule has 2 fully saturated rings. The van der Waals surface area contributed by atoms with Crippen LogP contribution in [0.3, 0.4) is 0 Å². The van der Waals surface area contributed by atoms with E-state index in [2.05, 4.69) is 26.1 Å². The number of anilines is 1. The molecule has 1 N–H and O–H groups in total. The van der Waals surface area contributed by atoms with E-state index in [4.69, 9.17) is 0 Å². The third kappa shape index (κ3) is 4.61. The Balaban J connectivity index is 1.57. The van der Waals surface area contributed by atoms with Crippen molar-refractivity contribution in [1.82, 2.24) is 9.21 Å². The lowest BCUT2D eigenvalue weighted by Crippen LogP contribution is -2.28. The summed E-state index contributed by atoms with van der Waals surface area (Å²) in [4.78, 5) is 15.6. The Morgan fingerprint density at radius 1 is 0.967 bits per heavy atom. The Morgan fingerprint density at radius 3 is 2.37 bits per heavy atom. The second-order valence-corrected chi connectivity index (χ2v) is 10.6. The van der Waals surface area contributed by atoms with E-state index < -0.39 is 10.0 Å². The van der Waals surface area contributed by atoms with Crippen LogP contribution < -0.4 is 5.32 Å². The number of sulfonamides is 1. The maximum absolute atomic E-state index is 13.1. The quantitative estimate of drug-likeness (QED) is 0.660. The molecule has 0 aliphatic carbocycles. The Bertz CT molecular complexity index is 1030. The molecule has 2 aromatic rings. The summed E-state index contributed by atoms with van der Waals surface area (Å²) in [5.74, 6) is -0.325. The van der Waals surface area contributed by atoms with Gasteiger partial charge in [0.05, 0.1) is 10.5 Å². The zero-order valence-corrected chi connectivity index (χ0v) is 19.2. The first-order valence-electron chi connectivity index (χ1n) is 10.4. The van der Waals surface area contributed by atoms with Crippen molar-refractivity contribution in [3.8, 4) is 0 Å². The number of hydrogen-bond acceptors (Lipinski definition) is 4. The first kappa shape index (κ1) is 21.5. The Labute approximate surface area is 186 Å². The molecule has 0 spiro atoms. The number of nitrogens with zero attached hydrogens (tertiary/aromatic N) is 2. The lowest BCUT2D eigenvalue weighted by atomic mass is 10.1. The highest BCUT2D eigenvalue weighted by Crippen LogP contribution is 2.27. The van der Waals surface area contributed by atoms with Gasteiger partial charge in [-0.3, -0.25) is 9.69 Å².